The van der Waals surface area contributed by atoms with Gasteiger partial charge in [0.25, 0.3) is 11.8 Å². The number of nitrogens with one attached hydrogen (secondary N) is 2. The average molecular weight is 419 g/mol. The molecule has 156 valence electrons. The van der Waals surface area contributed by atoms with Gasteiger partial charge < -0.3 is 20.1 Å². The minimum absolute atomic E-state index is 0.132. The maximum atomic E-state index is 12.1. The summed E-state index contributed by atoms with van der Waals surface area (Å²) in [5, 5.41) is 9.09. The molecule has 1 aromatic heterocycles. The summed E-state index contributed by atoms with van der Waals surface area (Å²) < 4.78 is 10.3. The summed E-state index contributed by atoms with van der Waals surface area (Å²) >= 11 is 1.45. The number of hydrogen-bond acceptors (Lipinski definition) is 6. The molecule has 0 radical (unpaired) electrons. The molecule has 0 bridgehead atoms. The van der Waals surface area contributed by atoms with E-state index in [0.717, 1.165) is 11.3 Å². The normalized spacial score (nSPS) is 11.4. The van der Waals surface area contributed by atoms with Crippen LogP contribution in [0.1, 0.15) is 35.7 Å². The summed E-state index contributed by atoms with van der Waals surface area (Å²) in [7, 11) is 1.61. The van der Waals surface area contributed by atoms with Gasteiger partial charge >= 0.3 is 5.97 Å². The van der Waals surface area contributed by atoms with E-state index in [4.69, 9.17) is 9.47 Å². The van der Waals surface area contributed by atoms with Gasteiger partial charge in [-0.3, -0.25) is 14.4 Å². The van der Waals surface area contributed by atoms with E-state index in [9.17, 15) is 14.4 Å². The van der Waals surface area contributed by atoms with Crippen LogP contribution in [-0.4, -0.2) is 44.1 Å². The lowest BCUT2D eigenvalue weighted by Gasteiger charge is -2.13. The Morgan fingerprint density at radius 2 is 1.83 bits per heavy atom. The second-order valence-corrected chi connectivity index (χ2v) is 7.17. The maximum absolute atomic E-state index is 12.1. The molecule has 0 aliphatic carbocycles. The number of ether oxygens (including phenoxy) is 2. The van der Waals surface area contributed by atoms with Gasteiger partial charge in [-0.25, -0.2) is 0 Å². The quantitative estimate of drug-likeness (QED) is 0.432. The van der Waals surface area contributed by atoms with Crippen LogP contribution in [0.2, 0.25) is 0 Å². The Morgan fingerprint density at radius 1 is 1.07 bits per heavy atom. The first-order valence-electron chi connectivity index (χ1n) is 9.40. The van der Waals surface area contributed by atoms with Crippen LogP contribution < -0.4 is 15.4 Å². The molecular weight excluding hydrogens is 392 g/mol. The predicted octanol–water partition coefficient (Wildman–Crippen LogP) is 2.56. The van der Waals surface area contributed by atoms with Crippen molar-refractivity contribution in [1.29, 1.82) is 0 Å². The van der Waals surface area contributed by atoms with Gasteiger partial charge in [-0.1, -0.05) is 12.1 Å². The largest absolute Gasteiger partial charge is 0.497 e. The molecule has 1 unspecified atom stereocenters. The summed E-state index contributed by atoms with van der Waals surface area (Å²) in [6.45, 7) is 2.35. The third-order valence-electron chi connectivity index (χ3n) is 4.18. The fourth-order valence-electron chi connectivity index (χ4n) is 2.51. The van der Waals surface area contributed by atoms with E-state index in [2.05, 4.69) is 10.6 Å². The Balaban J connectivity index is 1.58. The van der Waals surface area contributed by atoms with E-state index in [1.54, 1.807) is 25.5 Å². The summed E-state index contributed by atoms with van der Waals surface area (Å²) in [6, 6.07) is 9.34. The van der Waals surface area contributed by atoms with E-state index >= 15 is 0 Å². The molecule has 0 saturated heterocycles. The molecule has 2 rings (SSSR count). The zero-order chi connectivity index (χ0) is 21.1. The summed E-state index contributed by atoms with van der Waals surface area (Å²) in [6.07, 6.45) is 0.382. The zero-order valence-corrected chi connectivity index (χ0v) is 17.4. The number of methoxy groups -OCH3 is 1. The second kappa shape index (κ2) is 11.9. The molecule has 0 aliphatic heterocycles. The van der Waals surface area contributed by atoms with Crippen LogP contribution >= 0.6 is 11.3 Å². The van der Waals surface area contributed by atoms with Crippen LogP contribution in [-0.2, 0) is 20.7 Å². The van der Waals surface area contributed by atoms with Crippen molar-refractivity contribution in [2.24, 2.45) is 0 Å². The number of esters is 1. The number of thiophene rings is 1. The van der Waals surface area contributed by atoms with Crippen molar-refractivity contribution in [2.45, 2.75) is 32.3 Å². The monoisotopic (exact) mass is 418 g/mol. The first kappa shape index (κ1) is 22.4. The van der Waals surface area contributed by atoms with Gasteiger partial charge in [-0.15, -0.1) is 0 Å². The molecule has 2 N–H and O–H groups in total. The van der Waals surface area contributed by atoms with Crippen molar-refractivity contribution in [3.05, 3.63) is 52.2 Å². The van der Waals surface area contributed by atoms with Crippen LogP contribution in [0.5, 0.6) is 5.75 Å². The fraction of sp³-hybridized carbons (Fsp3) is 0.381. The van der Waals surface area contributed by atoms with E-state index in [-0.39, 0.29) is 18.2 Å². The third-order valence-corrected chi connectivity index (χ3v) is 4.86. The van der Waals surface area contributed by atoms with Crippen molar-refractivity contribution in [1.82, 2.24) is 10.6 Å². The first-order chi connectivity index (χ1) is 14.0. The van der Waals surface area contributed by atoms with Gasteiger partial charge in [0.1, 0.15) is 5.75 Å². The molecular formula is C21H26N2O5S. The maximum Gasteiger partial charge on any atom is 0.306 e. The number of carbonyl (C=O) groups excluding carboxylic acids is 3. The number of carbonyl (C=O) groups is 3. The van der Waals surface area contributed by atoms with E-state index in [1.807, 2.05) is 29.6 Å². The van der Waals surface area contributed by atoms with Crippen LogP contribution in [0.15, 0.2) is 41.1 Å². The Hall–Kier alpha value is -2.87. The number of benzene rings is 1. The van der Waals surface area contributed by atoms with Crippen molar-refractivity contribution < 1.29 is 23.9 Å². The van der Waals surface area contributed by atoms with Gasteiger partial charge in [-0.2, -0.15) is 11.3 Å². The standard InChI is InChI=1S/C21H26N2O5S/c1-15(20(25)23-12-9-16-5-7-18(27-2)8-6-16)28-19(24)4-3-11-22-21(26)17-10-13-29-14-17/h5-8,10,13-15H,3-4,9,11-12H2,1-2H3,(H,22,26)(H,23,25). The van der Waals surface area contributed by atoms with Crippen molar-refractivity contribution in [2.75, 3.05) is 20.2 Å². The smallest absolute Gasteiger partial charge is 0.306 e. The first-order valence-corrected chi connectivity index (χ1v) is 10.3. The van der Waals surface area contributed by atoms with Crippen LogP contribution in [0.3, 0.4) is 0 Å². The van der Waals surface area contributed by atoms with E-state index in [0.29, 0.717) is 31.5 Å². The third kappa shape index (κ3) is 7.95. The lowest BCUT2D eigenvalue weighted by atomic mass is 10.1. The molecule has 7 nitrogen and oxygen atoms in total. The summed E-state index contributed by atoms with van der Waals surface area (Å²) in [4.78, 5) is 35.7. The minimum atomic E-state index is -0.862. The molecule has 0 spiro atoms. The predicted molar refractivity (Wildman–Crippen MR) is 111 cm³/mol. The average Bonchev–Trinajstić information content (AvgIpc) is 3.26. The Morgan fingerprint density at radius 3 is 2.48 bits per heavy atom. The topological polar surface area (TPSA) is 93.7 Å². The van der Waals surface area contributed by atoms with Crippen LogP contribution in [0.4, 0.5) is 0 Å². The van der Waals surface area contributed by atoms with Gasteiger partial charge in [0, 0.05) is 30.5 Å². The van der Waals surface area contributed by atoms with Crippen molar-refractivity contribution in [3.63, 3.8) is 0 Å². The lowest BCUT2D eigenvalue weighted by Crippen LogP contribution is -2.37. The molecule has 29 heavy (non-hydrogen) atoms. The zero-order valence-electron chi connectivity index (χ0n) is 16.6. The molecule has 1 heterocycles. The summed E-state index contributed by atoms with van der Waals surface area (Å²) in [5.74, 6) is -0.182. The van der Waals surface area contributed by atoms with E-state index in [1.165, 1.54) is 11.3 Å². The Bertz CT molecular complexity index is 790. The lowest BCUT2D eigenvalue weighted by molar-refractivity contribution is -0.154. The molecule has 2 aromatic rings. The van der Waals surface area contributed by atoms with Gasteiger partial charge in [0.15, 0.2) is 6.10 Å². The molecule has 1 aromatic carbocycles. The summed E-state index contributed by atoms with van der Waals surface area (Å²) in [5.41, 5.74) is 1.68. The number of hydrogen-bond donors (Lipinski definition) is 2. The Labute approximate surface area is 174 Å². The molecule has 0 aliphatic rings. The molecule has 0 fully saturated rings. The fourth-order valence-corrected chi connectivity index (χ4v) is 3.14. The molecule has 0 saturated carbocycles. The SMILES string of the molecule is COc1ccc(CCNC(=O)C(C)OC(=O)CCCNC(=O)c2ccsc2)cc1. The number of rotatable bonds is 11. The number of amides is 2. The highest BCUT2D eigenvalue weighted by atomic mass is 32.1. The van der Waals surface area contributed by atoms with Gasteiger partial charge in [-0.05, 0) is 48.9 Å². The highest BCUT2D eigenvalue weighted by Gasteiger charge is 2.17. The van der Waals surface area contributed by atoms with E-state index < -0.39 is 12.1 Å². The second-order valence-electron chi connectivity index (χ2n) is 6.39. The minimum Gasteiger partial charge on any atom is -0.497 e. The highest BCUT2D eigenvalue weighted by molar-refractivity contribution is 7.08. The van der Waals surface area contributed by atoms with Gasteiger partial charge in [0.05, 0.1) is 7.11 Å². The molecule has 2 amide bonds. The van der Waals surface area contributed by atoms with Gasteiger partial charge in [0.2, 0.25) is 0 Å². The Kier molecular flexibility index (Phi) is 9.17. The van der Waals surface area contributed by atoms with Crippen LogP contribution in [0.25, 0.3) is 0 Å². The molecule has 8 heteroatoms. The van der Waals surface area contributed by atoms with Crippen molar-refractivity contribution >= 4 is 29.1 Å². The molecule has 1 atom stereocenters. The van der Waals surface area contributed by atoms with Crippen molar-refractivity contribution in [3.8, 4) is 5.75 Å². The highest BCUT2D eigenvalue weighted by Crippen LogP contribution is 2.11. The van der Waals surface area contributed by atoms with Crippen LogP contribution in [0, 0.1) is 0 Å².